The van der Waals surface area contributed by atoms with Gasteiger partial charge < -0.3 is 30.1 Å². The van der Waals surface area contributed by atoms with Crippen LogP contribution in [0.25, 0.3) is 10.8 Å². The number of aromatic nitrogens is 1. The molecule has 3 fully saturated rings. The average molecular weight is 770 g/mol. The number of carbonyl (C=O) groups is 4. The van der Waals surface area contributed by atoms with Gasteiger partial charge in [0, 0.05) is 27.9 Å². The van der Waals surface area contributed by atoms with Crippen molar-refractivity contribution in [3.8, 4) is 11.6 Å². The monoisotopic (exact) mass is 769 g/mol. The number of hydrogen-bond acceptors (Lipinski definition) is 10. The molecule has 14 nitrogen and oxygen atoms in total. The molecular weight excluding hydrogens is 726 g/mol. The maximum absolute atomic E-state index is 14.7. The third-order valence-corrected chi connectivity index (χ3v) is 12.3. The molecule has 0 unspecified atom stereocenters. The smallest absolute Gasteiger partial charge is 0.335 e. The molecule has 0 radical (unpaired) electrons. The first-order valence-corrected chi connectivity index (χ1v) is 19.5. The predicted molar refractivity (Wildman–Crippen MR) is 197 cm³/mol. The van der Waals surface area contributed by atoms with Gasteiger partial charge in [0.05, 0.1) is 30.7 Å². The highest BCUT2D eigenvalue weighted by atomic mass is 35.5. The van der Waals surface area contributed by atoms with Crippen molar-refractivity contribution in [1.82, 2.24) is 19.9 Å². The molecule has 2 aromatic carbocycles. The van der Waals surface area contributed by atoms with Crippen LogP contribution >= 0.6 is 11.6 Å². The topological polar surface area (TPSA) is 193 Å². The van der Waals surface area contributed by atoms with E-state index in [-0.39, 0.29) is 36.7 Å². The van der Waals surface area contributed by atoms with Gasteiger partial charge >= 0.3 is 5.97 Å². The van der Waals surface area contributed by atoms with E-state index in [1.165, 1.54) is 30.3 Å². The van der Waals surface area contributed by atoms with Gasteiger partial charge in [0.2, 0.25) is 27.7 Å². The Balaban J connectivity index is 1.31. The quantitative estimate of drug-likeness (QED) is 0.193. The molecule has 5 atom stereocenters. The van der Waals surface area contributed by atoms with Crippen molar-refractivity contribution in [2.24, 2.45) is 11.3 Å². The fraction of sp³-hybridized carbons (Fsp3) is 0.486. The minimum absolute atomic E-state index is 0.0225. The van der Waals surface area contributed by atoms with Crippen molar-refractivity contribution < 1.29 is 42.2 Å². The lowest BCUT2D eigenvalue weighted by atomic mass is 9.85. The number of sulfonamides is 1. The molecule has 6 rings (SSSR count). The van der Waals surface area contributed by atoms with E-state index in [0.717, 1.165) is 0 Å². The van der Waals surface area contributed by atoms with E-state index in [0.29, 0.717) is 46.5 Å². The number of nitrogens with zero attached hydrogens (tertiary/aromatic N) is 2. The maximum Gasteiger partial charge on any atom is 0.335 e. The first-order valence-electron chi connectivity index (χ1n) is 17.5. The molecule has 53 heavy (non-hydrogen) atoms. The highest BCUT2D eigenvalue weighted by molar-refractivity contribution is 7.91. The second-order valence-electron chi connectivity index (χ2n) is 15.1. The van der Waals surface area contributed by atoms with Gasteiger partial charge in [-0.15, -0.1) is 0 Å². The van der Waals surface area contributed by atoms with Crippen molar-refractivity contribution in [3.63, 3.8) is 0 Å². The van der Waals surface area contributed by atoms with Gasteiger partial charge in [-0.05, 0) is 73.1 Å². The van der Waals surface area contributed by atoms with Crippen LogP contribution in [0.1, 0.15) is 70.2 Å². The molecule has 3 amide bonds. The van der Waals surface area contributed by atoms with Crippen LogP contribution in [0.3, 0.4) is 0 Å². The number of carbonyl (C=O) groups excluding carboxylic acids is 3. The second kappa shape index (κ2) is 14.3. The summed E-state index contributed by atoms with van der Waals surface area (Å²) in [5.74, 6) is -2.49. The van der Waals surface area contributed by atoms with Crippen LogP contribution in [0.5, 0.6) is 11.6 Å². The van der Waals surface area contributed by atoms with Crippen LogP contribution in [-0.2, 0) is 24.4 Å². The van der Waals surface area contributed by atoms with E-state index in [4.69, 9.17) is 21.1 Å². The summed E-state index contributed by atoms with van der Waals surface area (Å²) in [7, 11) is -2.36. The normalized spacial score (nSPS) is 23.2. The fourth-order valence-electron chi connectivity index (χ4n) is 6.94. The number of aromatic carboxylic acids is 1. The number of anilines is 1. The summed E-state index contributed by atoms with van der Waals surface area (Å²) < 4.78 is 39.6. The fourth-order valence-corrected chi connectivity index (χ4v) is 8.48. The SMILES string of the molecule is CC[C@@H]1C[C@]1(NC(=O)[C@@H]1C[C@@H](Oc2ncc(OC)c3ccc(Cl)cc23)CN1C(=O)[C@@H](Nc1ccc(C(=O)O)cc1)C(C)(C)C)C(=O)NS(=O)(=O)C1CC1. The zero-order chi connectivity index (χ0) is 38.5. The number of methoxy groups -OCH3 is 1. The van der Waals surface area contributed by atoms with E-state index in [2.05, 4.69) is 20.3 Å². The van der Waals surface area contributed by atoms with Gasteiger partial charge in [0.1, 0.15) is 29.5 Å². The third kappa shape index (κ3) is 7.86. The predicted octanol–water partition coefficient (Wildman–Crippen LogP) is 4.36. The summed E-state index contributed by atoms with van der Waals surface area (Å²) >= 11 is 6.34. The van der Waals surface area contributed by atoms with Crippen molar-refractivity contribution in [2.45, 2.75) is 88.8 Å². The number of carboxylic acids is 1. The van der Waals surface area contributed by atoms with Crippen LogP contribution in [0.4, 0.5) is 5.69 Å². The highest BCUT2D eigenvalue weighted by Gasteiger charge is 2.62. The number of benzene rings is 2. The first-order chi connectivity index (χ1) is 25.0. The number of fused-ring (bicyclic) bond motifs is 1. The van der Waals surface area contributed by atoms with Crippen molar-refractivity contribution in [3.05, 3.63) is 59.2 Å². The molecule has 2 aliphatic carbocycles. The van der Waals surface area contributed by atoms with Crippen molar-refractivity contribution in [2.75, 3.05) is 19.0 Å². The summed E-state index contributed by atoms with van der Waals surface area (Å²) in [4.78, 5) is 59.9. The number of hydrogen-bond donors (Lipinski definition) is 4. The van der Waals surface area contributed by atoms with E-state index >= 15 is 0 Å². The summed E-state index contributed by atoms with van der Waals surface area (Å²) in [5, 5.41) is 16.5. The van der Waals surface area contributed by atoms with Gasteiger partial charge in [-0.3, -0.25) is 19.1 Å². The molecular formula is C37H44ClN5O9S. The third-order valence-electron chi connectivity index (χ3n) is 10.2. The van der Waals surface area contributed by atoms with Crippen LogP contribution in [0.15, 0.2) is 48.7 Å². The van der Waals surface area contributed by atoms with E-state index in [1.807, 2.05) is 27.7 Å². The first kappa shape index (κ1) is 38.1. The van der Waals surface area contributed by atoms with E-state index in [9.17, 15) is 32.7 Å². The molecule has 1 saturated heterocycles. The van der Waals surface area contributed by atoms with Crippen LogP contribution < -0.4 is 24.8 Å². The Morgan fingerprint density at radius 2 is 1.79 bits per heavy atom. The molecule has 3 aromatic rings. The number of ether oxygens (including phenoxy) is 2. The van der Waals surface area contributed by atoms with Gasteiger partial charge in [-0.25, -0.2) is 18.2 Å². The van der Waals surface area contributed by atoms with E-state index < -0.39 is 68.1 Å². The number of carboxylic acid groups (broad SMARTS) is 1. The Kier molecular flexibility index (Phi) is 10.3. The summed E-state index contributed by atoms with van der Waals surface area (Å²) in [6.45, 7) is 7.42. The van der Waals surface area contributed by atoms with Crippen LogP contribution in [-0.4, -0.2) is 89.7 Å². The van der Waals surface area contributed by atoms with Gasteiger partial charge in [0.15, 0.2) is 0 Å². The molecule has 3 aliphatic rings. The van der Waals surface area contributed by atoms with Crippen molar-refractivity contribution in [1.29, 1.82) is 0 Å². The van der Waals surface area contributed by atoms with Gasteiger partial charge in [-0.2, -0.15) is 0 Å². The largest absolute Gasteiger partial charge is 0.494 e. The number of rotatable bonds is 13. The van der Waals surface area contributed by atoms with Gasteiger partial charge in [-0.1, -0.05) is 45.7 Å². The Hall–Kier alpha value is -4.63. The average Bonchev–Trinajstić information content (AvgIpc) is 4.03. The molecule has 2 heterocycles. The lowest BCUT2D eigenvalue weighted by Gasteiger charge is -2.36. The lowest BCUT2D eigenvalue weighted by Crippen LogP contribution is -2.58. The molecule has 0 spiro atoms. The number of amides is 3. The molecule has 1 aliphatic heterocycles. The second-order valence-corrected chi connectivity index (χ2v) is 17.5. The number of halogens is 1. The number of pyridine rings is 1. The Morgan fingerprint density at radius 1 is 1.09 bits per heavy atom. The summed E-state index contributed by atoms with van der Waals surface area (Å²) in [6.07, 6.45) is 2.53. The van der Waals surface area contributed by atoms with Crippen LogP contribution in [0, 0.1) is 11.3 Å². The molecule has 2 saturated carbocycles. The highest BCUT2D eigenvalue weighted by Crippen LogP contribution is 2.47. The number of likely N-dealkylation sites (tertiary alicyclic amines) is 1. The molecule has 284 valence electrons. The minimum atomic E-state index is -3.88. The maximum atomic E-state index is 14.7. The Labute approximate surface area is 313 Å². The standard InChI is InChI=1S/C37H44ClN5O9S/c1-6-21-17-37(21,35(48)42-53(49,50)25-12-13-25)41-31(44)28-16-24(52-32-27-15-22(38)9-14-26(27)29(51-5)18-39-32)19-43(28)33(45)30(36(2,3)4)40-23-10-7-20(8-11-23)34(46)47/h7-11,14-15,18,21,24-25,28,30,40H,6,12-13,16-17,19H2,1-5H3,(H,41,44)(H,42,48)(H,46,47)/t21-,24-,28+,30-,37-/m1/s1. The van der Waals surface area contributed by atoms with Gasteiger partial charge in [0.25, 0.3) is 5.91 Å². The van der Waals surface area contributed by atoms with E-state index in [1.54, 1.807) is 30.3 Å². The Bertz CT molecular complexity index is 2050. The summed E-state index contributed by atoms with van der Waals surface area (Å²) in [6, 6.07) is 9.17. The Morgan fingerprint density at radius 3 is 2.38 bits per heavy atom. The number of nitrogens with one attached hydrogen (secondary N) is 3. The molecule has 4 N–H and O–H groups in total. The lowest BCUT2D eigenvalue weighted by molar-refractivity contribution is -0.141. The summed E-state index contributed by atoms with van der Waals surface area (Å²) in [5.41, 5.74) is -1.56. The molecule has 0 bridgehead atoms. The zero-order valence-electron chi connectivity index (χ0n) is 30.1. The van der Waals surface area contributed by atoms with Crippen LogP contribution in [0.2, 0.25) is 5.02 Å². The zero-order valence-corrected chi connectivity index (χ0v) is 31.7. The molecule has 16 heteroatoms. The molecule has 1 aromatic heterocycles. The van der Waals surface area contributed by atoms with Crippen molar-refractivity contribution >= 4 is 61.8 Å². The minimum Gasteiger partial charge on any atom is -0.494 e.